The number of rotatable bonds is 1. The molecule has 3 nitrogen and oxygen atoms in total. The minimum atomic E-state index is -0.0154. The zero-order chi connectivity index (χ0) is 13.4. The number of amides is 1. The lowest BCUT2D eigenvalue weighted by atomic mass is 9.99. The van der Waals surface area contributed by atoms with Gasteiger partial charge in [0.05, 0.1) is 0 Å². The fourth-order valence-electron chi connectivity index (χ4n) is 2.38. The van der Waals surface area contributed by atoms with E-state index in [0.717, 1.165) is 33.5 Å². The van der Waals surface area contributed by atoms with Gasteiger partial charge in [0.1, 0.15) is 0 Å². The van der Waals surface area contributed by atoms with Gasteiger partial charge in [-0.15, -0.1) is 0 Å². The van der Waals surface area contributed by atoms with Crippen LogP contribution in [0.4, 0.5) is 5.69 Å². The molecule has 0 bridgehead atoms. The van der Waals surface area contributed by atoms with Gasteiger partial charge in [-0.05, 0) is 31.5 Å². The number of allylic oxidation sites excluding steroid dienone is 1. The van der Waals surface area contributed by atoms with E-state index in [1.54, 1.807) is 6.20 Å². The molecule has 1 aliphatic heterocycles. The zero-order valence-electron chi connectivity index (χ0n) is 10.9. The van der Waals surface area contributed by atoms with E-state index >= 15 is 0 Å². The van der Waals surface area contributed by atoms with Crippen molar-refractivity contribution < 1.29 is 4.79 Å². The number of carbonyl (C=O) groups is 1. The highest BCUT2D eigenvalue weighted by molar-refractivity contribution is 6.32. The van der Waals surface area contributed by atoms with E-state index in [2.05, 4.69) is 10.3 Å². The molecule has 1 aliphatic rings. The van der Waals surface area contributed by atoms with Gasteiger partial charge in [-0.25, -0.2) is 0 Å². The number of nitrogens with one attached hydrogen (secondary N) is 1. The SMILES string of the molecule is CC(C)=C1C(=O)Nc2cc(-c3cccnc3)ccc21. The Kier molecular flexibility index (Phi) is 2.67. The van der Waals surface area contributed by atoms with Crippen LogP contribution in [0.2, 0.25) is 0 Å². The smallest absolute Gasteiger partial charge is 0.256 e. The van der Waals surface area contributed by atoms with E-state index in [9.17, 15) is 4.79 Å². The average molecular weight is 250 g/mol. The standard InChI is InChI=1S/C16H14N2O/c1-10(2)15-13-6-5-11(8-14(13)18-16(15)19)12-4-3-7-17-9-12/h3-9H,1-2H3,(H,18,19). The quantitative estimate of drug-likeness (QED) is 0.787. The van der Waals surface area contributed by atoms with Gasteiger partial charge in [0.15, 0.2) is 0 Å². The number of hydrogen-bond acceptors (Lipinski definition) is 2. The van der Waals surface area contributed by atoms with Crippen LogP contribution in [0.15, 0.2) is 48.3 Å². The topological polar surface area (TPSA) is 42.0 Å². The van der Waals surface area contributed by atoms with Gasteiger partial charge in [0.2, 0.25) is 0 Å². The van der Waals surface area contributed by atoms with E-state index in [-0.39, 0.29) is 5.91 Å². The third kappa shape index (κ3) is 1.93. The molecule has 19 heavy (non-hydrogen) atoms. The Morgan fingerprint density at radius 1 is 1.16 bits per heavy atom. The number of benzene rings is 1. The molecule has 94 valence electrons. The highest BCUT2D eigenvalue weighted by atomic mass is 16.2. The molecule has 0 aliphatic carbocycles. The minimum Gasteiger partial charge on any atom is -0.321 e. The summed E-state index contributed by atoms with van der Waals surface area (Å²) in [6, 6.07) is 9.94. The van der Waals surface area contributed by atoms with Gasteiger partial charge >= 0.3 is 0 Å². The molecule has 2 aromatic rings. The van der Waals surface area contributed by atoms with Crippen LogP contribution in [0.25, 0.3) is 16.7 Å². The summed E-state index contributed by atoms with van der Waals surface area (Å²) in [5.41, 5.74) is 5.78. The van der Waals surface area contributed by atoms with Crippen molar-refractivity contribution in [2.45, 2.75) is 13.8 Å². The molecule has 0 atom stereocenters. The first kappa shape index (κ1) is 11.7. The third-order valence-corrected chi connectivity index (χ3v) is 3.26. The van der Waals surface area contributed by atoms with Crippen molar-refractivity contribution in [3.8, 4) is 11.1 Å². The molecule has 1 aromatic carbocycles. The third-order valence-electron chi connectivity index (χ3n) is 3.26. The van der Waals surface area contributed by atoms with Crippen molar-refractivity contribution >= 4 is 17.2 Å². The highest BCUT2D eigenvalue weighted by Crippen LogP contribution is 2.36. The first-order valence-corrected chi connectivity index (χ1v) is 6.20. The number of nitrogens with zero attached hydrogens (tertiary/aromatic N) is 1. The maximum atomic E-state index is 11.9. The second-order valence-electron chi connectivity index (χ2n) is 4.83. The van der Waals surface area contributed by atoms with Gasteiger partial charge in [-0.3, -0.25) is 9.78 Å². The molecule has 1 N–H and O–H groups in total. The molecule has 0 unspecified atom stereocenters. The van der Waals surface area contributed by atoms with E-state index in [0.29, 0.717) is 0 Å². The molecule has 1 aromatic heterocycles. The van der Waals surface area contributed by atoms with Crippen LogP contribution < -0.4 is 5.32 Å². The van der Waals surface area contributed by atoms with Crippen molar-refractivity contribution in [3.63, 3.8) is 0 Å². The number of hydrogen-bond donors (Lipinski definition) is 1. The number of pyridine rings is 1. The monoisotopic (exact) mass is 250 g/mol. The van der Waals surface area contributed by atoms with Crippen LogP contribution in [-0.2, 0) is 4.79 Å². The summed E-state index contributed by atoms with van der Waals surface area (Å²) in [7, 11) is 0. The molecule has 0 radical (unpaired) electrons. The molecular weight excluding hydrogens is 236 g/mol. The molecule has 0 saturated carbocycles. The van der Waals surface area contributed by atoms with Crippen LogP contribution in [-0.4, -0.2) is 10.9 Å². The zero-order valence-corrected chi connectivity index (χ0v) is 10.9. The molecule has 0 saturated heterocycles. The van der Waals surface area contributed by atoms with Gasteiger partial charge < -0.3 is 5.32 Å². The first-order chi connectivity index (χ1) is 9.16. The average Bonchev–Trinajstić information content (AvgIpc) is 2.74. The predicted molar refractivity (Wildman–Crippen MR) is 76.6 cm³/mol. The molecule has 0 fully saturated rings. The minimum absolute atomic E-state index is 0.0154. The van der Waals surface area contributed by atoms with Crippen LogP contribution in [0.1, 0.15) is 19.4 Å². The van der Waals surface area contributed by atoms with Crippen molar-refractivity contribution in [1.29, 1.82) is 0 Å². The van der Waals surface area contributed by atoms with Crippen LogP contribution in [0.3, 0.4) is 0 Å². The van der Waals surface area contributed by atoms with Crippen molar-refractivity contribution in [2.75, 3.05) is 5.32 Å². The summed E-state index contributed by atoms with van der Waals surface area (Å²) in [6.45, 7) is 3.91. The van der Waals surface area contributed by atoms with E-state index < -0.39 is 0 Å². The number of carbonyl (C=O) groups excluding carboxylic acids is 1. The Morgan fingerprint density at radius 2 is 2.00 bits per heavy atom. The molecule has 3 rings (SSSR count). The van der Waals surface area contributed by atoms with Gasteiger partial charge in [0, 0.05) is 34.8 Å². The summed E-state index contributed by atoms with van der Waals surface area (Å²) in [5.74, 6) is -0.0154. The second-order valence-corrected chi connectivity index (χ2v) is 4.83. The Morgan fingerprint density at radius 3 is 2.68 bits per heavy atom. The summed E-state index contributed by atoms with van der Waals surface area (Å²) in [4.78, 5) is 16.1. The van der Waals surface area contributed by atoms with Crippen LogP contribution in [0.5, 0.6) is 0 Å². The summed E-state index contributed by atoms with van der Waals surface area (Å²) in [5, 5.41) is 2.92. The van der Waals surface area contributed by atoms with E-state index in [1.165, 1.54) is 0 Å². The number of anilines is 1. The van der Waals surface area contributed by atoms with Crippen molar-refractivity contribution in [1.82, 2.24) is 4.98 Å². The van der Waals surface area contributed by atoms with Gasteiger partial charge in [-0.1, -0.05) is 23.8 Å². The lowest BCUT2D eigenvalue weighted by Crippen LogP contribution is -2.04. The molecule has 2 heterocycles. The van der Waals surface area contributed by atoms with E-state index in [1.807, 2.05) is 50.4 Å². The maximum Gasteiger partial charge on any atom is 0.256 e. The van der Waals surface area contributed by atoms with Crippen molar-refractivity contribution in [3.05, 3.63) is 53.9 Å². The van der Waals surface area contributed by atoms with Crippen molar-refractivity contribution in [2.24, 2.45) is 0 Å². The van der Waals surface area contributed by atoms with Crippen LogP contribution >= 0.6 is 0 Å². The molecule has 3 heteroatoms. The fraction of sp³-hybridized carbons (Fsp3) is 0.125. The van der Waals surface area contributed by atoms with Crippen LogP contribution in [0, 0.1) is 0 Å². The van der Waals surface area contributed by atoms with E-state index in [4.69, 9.17) is 0 Å². The Hall–Kier alpha value is -2.42. The van der Waals surface area contributed by atoms with Gasteiger partial charge in [0.25, 0.3) is 5.91 Å². The molecule has 1 amide bonds. The fourth-order valence-corrected chi connectivity index (χ4v) is 2.38. The Bertz CT molecular complexity index is 683. The Balaban J connectivity index is 2.12. The second kappa shape index (κ2) is 4.35. The summed E-state index contributed by atoms with van der Waals surface area (Å²) in [6.07, 6.45) is 3.57. The highest BCUT2D eigenvalue weighted by Gasteiger charge is 2.25. The lowest BCUT2D eigenvalue weighted by molar-refractivity contribution is -0.110. The lowest BCUT2D eigenvalue weighted by Gasteiger charge is -2.04. The molecular formula is C16H14N2O. The summed E-state index contributed by atoms with van der Waals surface area (Å²) >= 11 is 0. The molecule has 0 spiro atoms. The maximum absolute atomic E-state index is 11.9. The Labute approximate surface area is 112 Å². The number of aromatic nitrogens is 1. The summed E-state index contributed by atoms with van der Waals surface area (Å²) < 4.78 is 0. The van der Waals surface area contributed by atoms with Gasteiger partial charge in [-0.2, -0.15) is 0 Å². The first-order valence-electron chi connectivity index (χ1n) is 6.20. The largest absolute Gasteiger partial charge is 0.321 e. The normalized spacial score (nSPS) is 13.2. The predicted octanol–water partition coefficient (Wildman–Crippen LogP) is 3.49. The number of fused-ring (bicyclic) bond motifs is 1.